The molecule has 1 heterocycles. The zero-order valence-corrected chi connectivity index (χ0v) is 24.0. The van der Waals surface area contributed by atoms with Crippen LogP contribution in [0.15, 0.2) is 29.3 Å². The number of nitrogens with zero attached hydrogens (tertiary/aromatic N) is 1. The number of carbonyl (C=O) groups excluding carboxylic acids is 2. The van der Waals surface area contributed by atoms with Crippen molar-refractivity contribution < 1.29 is 19.1 Å². The Kier molecular flexibility index (Phi) is 9.69. The number of anilines is 1. The predicted octanol–water partition coefficient (Wildman–Crippen LogP) is 7.82. The van der Waals surface area contributed by atoms with Gasteiger partial charge >= 0.3 is 12.2 Å². The highest BCUT2D eigenvalue weighted by molar-refractivity contribution is 8.00. The number of aromatic nitrogens is 1. The average molecular weight is 534 g/mol. The van der Waals surface area contributed by atoms with Crippen molar-refractivity contribution in [1.82, 2.24) is 10.3 Å². The Morgan fingerprint density at radius 1 is 1.08 bits per heavy atom. The standard InChI is InChI=1S/C27H39N3O4S2/c1-16(2)33-25(31)29-19-10-8-18(9-11-19)24-28-15-23(36-24)21-13-12-20(14-22(21)35-17(3)4)30-26(32)34-27(5,6)7/h12-19H,8-11H2,1-7H3,(H,29,31)(H,30,32). The summed E-state index contributed by atoms with van der Waals surface area (Å²) < 4.78 is 10.6. The molecule has 3 rings (SSSR count). The minimum atomic E-state index is -0.550. The predicted molar refractivity (Wildman–Crippen MR) is 148 cm³/mol. The Morgan fingerprint density at radius 3 is 2.39 bits per heavy atom. The summed E-state index contributed by atoms with van der Waals surface area (Å²) in [6.07, 6.45) is 4.89. The van der Waals surface area contributed by atoms with Crippen LogP contribution in [0.3, 0.4) is 0 Å². The first-order valence-electron chi connectivity index (χ1n) is 12.6. The van der Waals surface area contributed by atoms with E-state index >= 15 is 0 Å². The third-order valence-electron chi connectivity index (χ3n) is 5.52. The molecule has 1 saturated carbocycles. The molecule has 2 N–H and O–H groups in total. The lowest BCUT2D eigenvalue weighted by Gasteiger charge is -2.28. The highest BCUT2D eigenvalue weighted by atomic mass is 32.2. The summed E-state index contributed by atoms with van der Waals surface area (Å²) >= 11 is 3.50. The Morgan fingerprint density at radius 2 is 1.78 bits per heavy atom. The van der Waals surface area contributed by atoms with Crippen molar-refractivity contribution in [3.05, 3.63) is 29.4 Å². The zero-order valence-electron chi connectivity index (χ0n) is 22.3. The van der Waals surface area contributed by atoms with Crippen molar-refractivity contribution in [2.75, 3.05) is 5.32 Å². The summed E-state index contributed by atoms with van der Waals surface area (Å²) in [5.41, 5.74) is 1.28. The number of amides is 2. The van der Waals surface area contributed by atoms with Crippen LogP contribution in [0.2, 0.25) is 0 Å². The summed E-state index contributed by atoms with van der Waals surface area (Å²) in [7, 11) is 0. The molecule has 0 saturated heterocycles. The van der Waals surface area contributed by atoms with E-state index < -0.39 is 11.7 Å². The van der Waals surface area contributed by atoms with Gasteiger partial charge < -0.3 is 14.8 Å². The second-order valence-corrected chi connectivity index (χ2v) is 13.4. The van der Waals surface area contributed by atoms with Crippen LogP contribution in [-0.4, -0.2) is 40.2 Å². The Labute approximate surface area is 223 Å². The van der Waals surface area contributed by atoms with Gasteiger partial charge in [-0.2, -0.15) is 0 Å². The lowest BCUT2D eigenvalue weighted by Crippen LogP contribution is -2.38. The third-order valence-corrected chi connectivity index (χ3v) is 7.78. The van der Waals surface area contributed by atoms with E-state index in [-0.39, 0.29) is 18.2 Å². The lowest BCUT2D eigenvalue weighted by atomic mass is 9.86. The third kappa shape index (κ3) is 8.69. The molecule has 1 aromatic carbocycles. The molecule has 1 aliphatic carbocycles. The van der Waals surface area contributed by atoms with E-state index in [4.69, 9.17) is 14.5 Å². The molecule has 0 unspecified atom stereocenters. The summed E-state index contributed by atoms with van der Waals surface area (Å²) in [6, 6.07) is 6.13. The Bertz CT molecular complexity index is 1040. The van der Waals surface area contributed by atoms with Gasteiger partial charge in [0.15, 0.2) is 0 Å². The lowest BCUT2D eigenvalue weighted by molar-refractivity contribution is 0.0635. The molecule has 198 valence electrons. The van der Waals surface area contributed by atoms with Gasteiger partial charge in [0.05, 0.1) is 16.0 Å². The fourth-order valence-corrected chi connectivity index (χ4v) is 6.28. The van der Waals surface area contributed by atoms with Gasteiger partial charge in [0.25, 0.3) is 0 Å². The molecule has 1 fully saturated rings. The maximum Gasteiger partial charge on any atom is 0.412 e. The van der Waals surface area contributed by atoms with Crippen molar-refractivity contribution in [3.63, 3.8) is 0 Å². The molecule has 0 spiro atoms. The smallest absolute Gasteiger partial charge is 0.412 e. The van der Waals surface area contributed by atoms with Gasteiger partial charge in [0.2, 0.25) is 0 Å². The molecule has 1 aromatic heterocycles. The van der Waals surface area contributed by atoms with Gasteiger partial charge in [-0.25, -0.2) is 14.6 Å². The SMILES string of the molecule is CC(C)OC(=O)NC1CCC(c2ncc(-c3ccc(NC(=O)OC(C)(C)C)cc3SC(C)C)s2)CC1. The van der Waals surface area contributed by atoms with Crippen molar-refractivity contribution in [2.45, 2.75) is 108 Å². The van der Waals surface area contributed by atoms with Gasteiger partial charge in [-0.15, -0.1) is 23.1 Å². The molecule has 9 heteroatoms. The largest absolute Gasteiger partial charge is 0.447 e. The first kappa shape index (κ1) is 28.3. The summed E-state index contributed by atoms with van der Waals surface area (Å²) in [6.45, 7) is 13.6. The molecule has 7 nitrogen and oxygen atoms in total. The summed E-state index contributed by atoms with van der Waals surface area (Å²) in [5, 5.41) is 7.37. The molecular weight excluding hydrogens is 494 g/mol. The van der Waals surface area contributed by atoms with Crippen molar-refractivity contribution in [3.8, 4) is 10.4 Å². The van der Waals surface area contributed by atoms with E-state index in [9.17, 15) is 9.59 Å². The minimum Gasteiger partial charge on any atom is -0.447 e. The van der Waals surface area contributed by atoms with E-state index in [1.165, 1.54) is 0 Å². The quantitative estimate of drug-likeness (QED) is 0.353. The number of benzene rings is 1. The Hall–Kier alpha value is -2.26. The van der Waals surface area contributed by atoms with Crippen molar-refractivity contribution in [1.29, 1.82) is 0 Å². The van der Waals surface area contributed by atoms with Crippen LogP contribution in [0.4, 0.5) is 15.3 Å². The Balaban J connectivity index is 1.68. The van der Waals surface area contributed by atoms with Crippen LogP contribution < -0.4 is 10.6 Å². The normalized spacial score (nSPS) is 18.2. The molecular formula is C27H39N3O4S2. The molecule has 0 aliphatic heterocycles. The first-order valence-corrected chi connectivity index (χ1v) is 14.3. The van der Waals surface area contributed by atoms with Crippen LogP contribution in [0.5, 0.6) is 0 Å². The fourth-order valence-electron chi connectivity index (χ4n) is 4.08. The van der Waals surface area contributed by atoms with Gasteiger partial charge in [-0.1, -0.05) is 19.9 Å². The maximum absolute atomic E-state index is 12.2. The van der Waals surface area contributed by atoms with Gasteiger partial charge in [-0.05, 0) is 72.4 Å². The number of hydrogen-bond donors (Lipinski definition) is 2. The first-order chi connectivity index (χ1) is 16.9. The van der Waals surface area contributed by atoms with Crippen molar-refractivity contribution >= 4 is 41.0 Å². The zero-order chi connectivity index (χ0) is 26.5. The van der Waals surface area contributed by atoms with Crippen LogP contribution >= 0.6 is 23.1 Å². The number of carbonyl (C=O) groups is 2. The summed E-state index contributed by atoms with van der Waals surface area (Å²) in [4.78, 5) is 31.2. The molecule has 0 atom stereocenters. The molecule has 36 heavy (non-hydrogen) atoms. The molecule has 2 aromatic rings. The fraction of sp³-hybridized carbons (Fsp3) is 0.593. The van der Waals surface area contributed by atoms with Crippen molar-refractivity contribution in [2.24, 2.45) is 0 Å². The molecule has 0 radical (unpaired) electrons. The number of thioether (sulfide) groups is 1. The summed E-state index contributed by atoms with van der Waals surface area (Å²) in [5.74, 6) is 0.400. The van der Waals surface area contributed by atoms with E-state index in [0.29, 0.717) is 16.9 Å². The molecule has 0 bridgehead atoms. The van der Waals surface area contributed by atoms with Crippen LogP contribution in [-0.2, 0) is 9.47 Å². The monoisotopic (exact) mass is 533 g/mol. The van der Waals surface area contributed by atoms with E-state index in [2.05, 4.69) is 30.5 Å². The number of rotatable bonds is 7. The number of hydrogen-bond acceptors (Lipinski definition) is 7. The minimum absolute atomic E-state index is 0.115. The second kappa shape index (κ2) is 12.3. The van der Waals surface area contributed by atoms with Crippen LogP contribution in [0, 0.1) is 0 Å². The van der Waals surface area contributed by atoms with E-state index in [1.807, 2.05) is 52.9 Å². The van der Waals surface area contributed by atoms with Crippen LogP contribution in [0.1, 0.15) is 85.1 Å². The molecule has 1 aliphatic rings. The number of ether oxygens (including phenoxy) is 2. The van der Waals surface area contributed by atoms with Gasteiger partial charge in [0.1, 0.15) is 5.60 Å². The van der Waals surface area contributed by atoms with Gasteiger partial charge in [0, 0.05) is 39.6 Å². The number of nitrogens with one attached hydrogen (secondary N) is 2. The average Bonchev–Trinajstić information content (AvgIpc) is 3.22. The highest BCUT2D eigenvalue weighted by Crippen LogP contribution is 2.41. The topological polar surface area (TPSA) is 89.5 Å². The highest BCUT2D eigenvalue weighted by Gasteiger charge is 2.26. The number of alkyl carbamates (subject to hydrolysis) is 1. The van der Waals surface area contributed by atoms with E-state index in [0.717, 1.165) is 46.0 Å². The van der Waals surface area contributed by atoms with E-state index in [1.54, 1.807) is 23.1 Å². The number of thiazole rings is 1. The maximum atomic E-state index is 12.2. The van der Waals surface area contributed by atoms with Crippen LogP contribution in [0.25, 0.3) is 10.4 Å². The molecule has 2 amide bonds. The second-order valence-electron chi connectivity index (χ2n) is 10.7. The van der Waals surface area contributed by atoms with Gasteiger partial charge in [-0.3, -0.25) is 5.32 Å².